The van der Waals surface area contributed by atoms with Crippen molar-refractivity contribution in [3.63, 3.8) is 0 Å². The molecule has 6 heterocycles. The summed E-state index contributed by atoms with van der Waals surface area (Å²) in [4.78, 5) is 61.2. The molecule has 17 heteroatoms. The van der Waals surface area contributed by atoms with Gasteiger partial charge >= 0.3 is 6.01 Å². The lowest BCUT2D eigenvalue weighted by molar-refractivity contribution is -0.144. The van der Waals surface area contributed by atoms with Gasteiger partial charge in [0, 0.05) is 81.3 Å². The lowest BCUT2D eigenvalue weighted by atomic mass is 9.85. The molecule has 5 aliphatic rings. The van der Waals surface area contributed by atoms with Crippen molar-refractivity contribution in [2.45, 2.75) is 173 Å². The van der Waals surface area contributed by atoms with Gasteiger partial charge in [0.2, 0.25) is 17.7 Å². The number of piperazine rings is 1. The lowest BCUT2D eigenvalue weighted by Gasteiger charge is -2.35. The number of phenolic OH excluding ortho intramolecular Hbond substituents is 1. The van der Waals surface area contributed by atoms with Crippen LogP contribution in [0.15, 0.2) is 72.5 Å². The van der Waals surface area contributed by atoms with Crippen molar-refractivity contribution in [2.24, 2.45) is 5.41 Å². The van der Waals surface area contributed by atoms with E-state index in [0.717, 1.165) is 114 Å². The predicted molar refractivity (Wildman–Crippen MR) is 320 cm³/mol. The van der Waals surface area contributed by atoms with Crippen LogP contribution >= 0.6 is 0 Å². The van der Waals surface area contributed by atoms with Gasteiger partial charge in [0.25, 0.3) is 0 Å². The summed E-state index contributed by atoms with van der Waals surface area (Å²) >= 11 is 0. The molecule has 0 saturated carbocycles. The van der Waals surface area contributed by atoms with Crippen LogP contribution in [0.5, 0.6) is 11.8 Å². The number of halogens is 2. The topological polar surface area (TPSA) is 185 Å². The van der Waals surface area contributed by atoms with Crippen molar-refractivity contribution in [1.29, 1.82) is 0 Å². The van der Waals surface area contributed by atoms with E-state index < -0.39 is 35.2 Å². The number of hydrogen-bond donors (Lipinski definition) is 5. The zero-order valence-corrected chi connectivity index (χ0v) is 48.6. The van der Waals surface area contributed by atoms with Gasteiger partial charge < -0.3 is 45.6 Å². The first kappa shape index (κ1) is 59.2. The number of carbonyl (C=O) groups excluding carboxylic acids is 3. The zero-order chi connectivity index (χ0) is 58.4. The molecular formula is C66H81F2N9O6. The van der Waals surface area contributed by atoms with Crippen molar-refractivity contribution < 1.29 is 38.1 Å². The van der Waals surface area contributed by atoms with Gasteiger partial charge in [0.1, 0.15) is 46.8 Å². The Hall–Kier alpha value is -7.00. The summed E-state index contributed by atoms with van der Waals surface area (Å²) in [5.41, 5.74) is 4.09. The van der Waals surface area contributed by atoms with Crippen molar-refractivity contribution in [3.8, 4) is 35.4 Å². The van der Waals surface area contributed by atoms with Crippen LogP contribution in [0.1, 0.15) is 147 Å². The monoisotopic (exact) mass is 1130 g/mol. The van der Waals surface area contributed by atoms with E-state index in [-0.39, 0.29) is 76.3 Å². The molecule has 3 unspecified atom stereocenters. The number of nitrogens with zero attached hydrogens (tertiary/aromatic N) is 6. The number of rotatable bonds is 22. The minimum Gasteiger partial charge on any atom is -0.508 e. The van der Waals surface area contributed by atoms with Gasteiger partial charge in [-0.1, -0.05) is 114 Å². The van der Waals surface area contributed by atoms with Crippen molar-refractivity contribution in [3.05, 3.63) is 101 Å². The number of phenols is 1. The number of carbonyl (C=O) groups is 3. The number of amides is 3. The third-order valence-electron chi connectivity index (χ3n) is 17.5. The van der Waals surface area contributed by atoms with E-state index in [1.54, 1.807) is 6.20 Å². The molecule has 4 fully saturated rings. The standard InChI is InChI=1S/C66H81F2N9O6/c1-6-50-54(67)27-24-44-33-47(78)34-52(57(44)50)59-58(68)60-53(37-69-59)62(76-38-45-25-26-46(39-76)71-45)74-65(73-60)83-49-28-31-75(32-29-49)30-15-13-11-9-7-8-10-12-14-19-56(80)72-61(66(3,4)5)64(82)77-40-48(79)35-55(77)63(81)70-36-42-20-22-43(23-21-42)51-18-16-17-41(51)2/h1,16-17,20-24,27,33-34,37,45-46,48-49,55,61,71,78-79H,7-15,18-19,25-26,28-32,35-36,38-40H2,2-5H3,(H,70,81)(H,72,80)/t45?,46?,48-,55+,61?/m1/s1. The van der Waals surface area contributed by atoms with Gasteiger partial charge in [-0.3, -0.25) is 19.4 Å². The van der Waals surface area contributed by atoms with Gasteiger partial charge in [-0.05, 0) is 110 Å². The second kappa shape index (κ2) is 26.3. The molecular weight excluding hydrogens is 1050 g/mol. The molecule has 15 nitrogen and oxygen atoms in total. The molecule has 10 rings (SSSR count). The number of terminal acetylenes is 1. The van der Waals surface area contributed by atoms with E-state index in [4.69, 9.17) is 21.1 Å². The molecule has 5 N–H and O–H groups in total. The van der Waals surface area contributed by atoms with E-state index >= 15 is 8.78 Å². The van der Waals surface area contributed by atoms with Crippen molar-refractivity contribution >= 4 is 50.8 Å². The summed E-state index contributed by atoms with van der Waals surface area (Å²) in [6.45, 7) is 12.3. The number of hydrogen-bond acceptors (Lipinski definition) is 12. The molecule has 4 aliphatic heterocycles. The normalized spacial score (nSPS) is 20.6. The highest BCUT2D eigenvalue weighted by Gasteiger charge is 2.44. The molecule has 2 aromatic heterocycles. The first-order chi connectivity index (χ1) is 40.0. The molecule has 5 aromatic rings. The number of likely N-dealkylation sites (tertiary alicyclic amines) is 2. The third-order valence-corrected chi connectivity index (χ3v) is 17.5. The number of aliphatic hydroxyl groups is 1. The summed E-state index contributed by atoms with van der Waals surface area (Å²) in [6, 6.07) is 12.7. The van der Waals surface area contributed by atoms with Crippen LogP contribution in [0.3, 0.4) is 0 Å². The van der Waals surface area contributed by atoms with E-state index in [1.807, 2.05) is 32.9 Å². The number of aromatic hydroxyl groups is 1. The first-order valence-corrected chi connectivity index (χ1v) is 30.2. The number of anilines is 1. The highest BCUT2D eigenvalue weighted by atomic mass is 19.1. The zero-order valence-electron chi connectivity index (χ0n) is 48.6. The number of fused-ring (bicyclic) bond motifs is 4. The molecule has 4 saturated heterocycles. The minimum atomic E-state index is -0.848. The molecule has 83 heavy (non-hydrogen) atoms. The van der Waals surface area contributed by atoms with Gasteiger partial charge in [-0.15, -0.1) is 6.42 Å². The first-order valence-electron chi connectivity index (χ1n) is 30.2. The Morgan fingerprint density at radius 1 is 0.904 bits per heavy atom. The van der Waals surface area contributed by atoms with Crippen LogP contribution < -0.4 is 25.6 Å². The fraction of sp³-hybridized carbons (Fsp3) is 0.515. The highest BCUT2D eigenvalue weighted by molar-refractivity contribution is 6.03. The number of allylic oxidation sites excluding steroid dienone is 4. The van der Waals surface area contributed by atoms with Crippen LogP contribution in [0.4, 0.5) is 14.6 Å². The smallest absolute Gasteiger partial charge is 0.319 e. The molecule has 1 aliphatic carbocycles. The van der Waals surface area contributed by atoms with Gasteiger partial charge in [-0.25, -0.2) is 8.78 Å². The minimum absolute atomic E-state index is 0.0355. The van der Waals surface area contributed by atoms with Crippen LogP contribution in [0.2, 0.25) is 0 Å². The quantitative estimate of drug-likeness (QED) is 0.0327. The number of unbranched alkanes of at least 4 members (excludes halogenated alkanes) is 8. The lowest BCUT2D eigenvalue weighted by Crippen LogP contribution is -2.57. The number of β-amino-alcohol motifs (C(OH)–C–C–N with tert-alkyl or cyclic N) is 1. The molecule has 0 radical (unpaired) electrons. The van der Waals surface area contributed by atoms with E-state index in [2.05, 4.69) is 67.9 Å². The maximum atomic E-state index is 17.1. The number of nitrogens with one attached hydrogen (secondary N) is 3. The van der Waals surface area contributed by atoms with E-state index in [0.29, 0.717) is 54.7 Å². The number of aliphatic hydroxyl groups excluding tert-OH is 1. The number of pyridine rings is 1. The Balaban J connectivity index is 0.634. The summed E-state index contributed by atoms with van der Waals surface area (Å²) in [7, 11) is 0. The molecule has 3 amide bonds. The SMILES string of the molecule is C#Cc1c(F)ccc2cc(O)cc(-c3ncc4c(N5CC6CCC(C5)N6)nc(OC5CCN(CCCCCCCCCCCC(=O)NC(C(=O)N6C[C@H](O)C[C@H]6C(=O)NCc6ccc(C7=C(C)C=CC7)cc6)C(C)(C)C)CC5)nc4c3F)c12. The summed E-state index contributed by atoms with van der Waals surface area (Å²) in [6.07, 6.45) is 25.2. The number of aromatic nitrogens is 3. The second-order valence-corrected chi connectivity index (χ2v) is 24.7. The van der Waals surface area contributed by atoms with Gasteiger partial charge in [0.05, 0.1) is 17.1 Å². The van der Waals surface area contributed by atoms with E-state index in [9.17, 15) is 24.6 Å². The average molecular weight is 1130 g/mol. The molecule has 2 bridgehead atoms. The fourth-order valence-corrected chi connectivity index (χ4v) is 12.9. The van der Waals surface area contributed by atoms with Gasteiger partial charge in [0.15, 0.2) is 5.82 Å². The Labute approximate surface area is 486 Å². The molecule has 0 spiro atoms. The van der Waals surface area contributed by atoms with Crippen LogP contribution in [-0.2, 0) is 20.9 Å². The Kier molecular flexibility index (Phi) is 18.7. The third kappa shape index (κ3) is 14.0. The Bertz CT molecular complexity index is 3280. The summed E-state index contributed by atoms with van der Waals surface area (Å²) in [5, 5.41) is 32.2. The molecule has 5 atom stereocenters. The summed E-state index contributed by atoms with van der Waals surface area (Å²) in [5.74, 6) is 0.616. The Morgan fingerprint density at radius 2 is 1.60 bits per heavy atom. The fourth-order valence-electron chi connectivity index (χ4n) is 12.9. The Morgan fingerprint density at radius 3 is 2.28 bits per heavy atom. The van der Waals surface area contributed by atoms with Crippen LogP contribution in [-0.4, -0.2) is 128 Å². The maximum Gasteiger partial charge on any atom is 0.319 e. The van der Waals surface area contributed by atoms with Crippen LogP contribution in [0.25, 0.3) is 38.5 Å². The summed E-state index contributed by atoms with van der Waals surface area (Å²) < 4.78 is 38.6. The highest BCUT2D eigenvalue weighted by Crippen LogP contribution is 2.40. The van der Waals surface area contributed by atoms with Crippen molar-refractivity contribution in [2.75, 3.05) is 44.2 Å². The number of piperidine rings is 1. The van der Waals surface area contributed by atoms with Gasteiger partial charge in [-0.2, -0.15) is 9.97 Å². The maximum absolute atomic E-state index is 17.1. The average Bonchev–Trinajstić information content (AvgIpc) is 2.08. The van der Waals surface area contributed by atoms with Crippen LogP contribution in [0, 0.1) is 29.4 Å². The predicted octanol–water partition coefficient (Wildman–Crippen LogP) is 10.0. The van der Waals surface area contributed by atoms with E-state index in [1.165, 1.54) is 46.7 Å². The second-order valence-electron chi connectivity index (χ2n) is 24.7. The number of benzene rings is 3. The van der Waals surface area contributed by atoms with Crippen molar-refractivity contribution in [1.82, 2.24) is 40.7 Å². The number of ether oxygens (including phenoxy) is 1. The molecule has 440 valence electrons. The largest absolute Gasteiger partial charge is 0.508 e. The molecule has 3 aromatic carbocycles.